The zero-order chi connectivity index (χ0) is 11.9. The Labute approximate surface area is 114 Å². The maximum Gasteiger partial charge on any atom is 0.156 e. The van der Waals surface area contributed by atoms with E-state index in [9.17, 15) is 0 Å². The molecule has 3 saturated carbocycles. The van der Waals surface area contributed by atoms with Crippen molar-refractivity contribution >= 4 is 16.9 Å². The number of rotatable bonds is 2. The molecule has 5 atom stereocenters. The van der Waals surface area contributed by atoms with E-state index < -0.39 is 0 Å². The minimum Gasteiger partial charge on any atom is -0.362 e. The van der Waals surface area contributed by atoms with Crippen molar-refractivity contribution in [2.24, 2.45) is 28.7 Å². The molecule has 18 heavy (non-hydrogen) atoms. The predicted molar refractivity (Wildman–Crippen MR) is 78.0 cm³/mol. The first-order valence-corrected chi connectivity index (χ1v) is 8.81. The number of fused-ring (bicyclic) bond motifs is 3. The van der Waals surface area contributed by atoms with Gasteiger partial charge in [0.15, 0.2) is 5.17 Å². The van der Waals surface area contributed by atoms with Gasteiger partial charge in [-0.2, -0.15) is 0 Å². The highest BCUT2D eigenvalue weighted by atomic mass is 32.2. The summed E-state index contributed by atoms with van der Waals surface area (Å²) in [5, 5.41) is 4.96. The van der Waals surface area contributed by atoms with Gasteiger partial charge in [-0.1, -0.05) is 24.6 Å². The van der Waals surface area contributed by atoms with Gasteiger partial charge in [-0.25, -0.2) is 0 Å². The van der Waals surface area contributed by atoms with Gasteiger partial charge < -0.3 is 5.32 Å². The summed E-state index contributed by atoms with van der Waals surface area (Å²) in [6, 6.07) is 0.755. The Morgan fingerprint density at radius 1 is 1.11 bits per heavy atom. The molecule has 0 amide bonds. The van der Waals surface area contributed by atoms with E-state index in [2.05, 4.69) is 5.32 Å². The predicted octanol–water partition coefficient (Wildman–Crippen LogP) is 3.28. The fourth-order valence-electron chi connectivity index (χ4n) is 4.70. The first-order chi connectivity index (χ1) is 8.88. The van der Waals surface area contributed by atoms with Crippen molar-refractivity contribution in [2.45, 2.75) is 51.0 Å². The summed E-state index contributed by atoms with van der Waals surface area (Å²) in [7, 11) is 0. The zero-order valence-corrected chi connectivity index (χ0v) is 11.9. The van der Waals surface area contributed by atoms with Gasteiger partial charge in [0.05, 0.1) is 0 Å². The van der Waals surface area contributed by atoms with Gasteiger partial charge in [0.2, 0.25) is 0 Å². The average molecular weight is 264 g/mol. The minimum absolute atomic E-state index is 0.755. The largest absolute Gasteiger partial charge is 0.362 e. The molecule has 100 valence electrons. The van der Waals surface area contributed by atoms with E-state index in [1.165, 1.54) is 55.9 Å². The van der Waals surface area contributed by atoms with Crippen LogP contribution >= 0.6 is 11.8 Å². The molecule has 1 heterocycles. The van der Waals surface area contributed by atoms with Crippen molar-refractivity contribution in [3.05, 3.63) is 0 Å². The normalized spacial score (nSPS) is 48.4. The topological polar surface area (TPSA) is 24.4 Å². The lowest BCUT2D eigenvalue weighted by Gasteiger charge is -2.28. The highest BCUT2D eigenvalue weighted by molar-refractivity contribution is 8.13. The molecule has 3 aliphatic carbocycles. The van der Waals surface area contributed by atoms with Gasteiger partial charge in [0, 0.05) is 18.3 Å². The van der Waals surface area contributed by atoms with Crippen LogP contribution in [0.2, 0.25) is 0 Å². The summed E-state index contributed by atoms with van der Waals surface area (Å²) in [6.45, 7) is 1.11. The Balaban J connectivity index is 1.34. The third kappa shape index (κ3) is 2.09. The number of nitrogens with one attached hydrogen (secondary N) is 1. The summed E-state index contributed by atoms with van der Waals surface area (Å²) >= 11 is 1.98. The number of amidine groups is 1. The molecule has 1 saturated heterocycles. The number of hydrogen-bond acceptors (Lipinski definition) is 2. The molecule has 0 aromatic heterocycles. The molecule has 1 N–H and O–H groups in total. The van der Waals surface area contributed by atoms with Gasteiger partial charge in [-0.15, -0.1) is 0 Å². The third-order valence-electron chi connectivity index (χ3n) is 5.76. The number of aliphatic imine (C=N–C) groups is 1. The van der Waals surface area contributed by atoms with Crippen molar-refractivity contribution in [3.8, 4) is 0 Å². The SMILES string of the molecule is C1CC2CSC(=NCC3CC4CCC3C4)NC2C1. The molecule has 4 rings (SSSR count). The first-order valence-electron chi connectivity index (χ1n) is 7.82. The van der Waals surface area contributed by atoms with Crippen LogP contribution in [0.5, 0.6) is 0 Å². The van der Waals surface area contributed by atoms with Crippen molar-refractivity contribution in [3.63, 3.8) is 0 Å². The van der Waals surface area contributed by atoms with Crippen LogP contribution in [0.25, 0.3) is 0 Å². The Bertz CT molecular complexity index is 354. The van der Waals surface area contributed by atoms with Gasteiger partial charge >= 0.3 is 0 Å². The molecule has 0 radical (unpaired) electrons. The maximum atomic E-state index is 4.91. The van der Waals surface area contributed by atoms with E-state index in [4.69, 9.17) is 4.99 Å². The molecule has 4 fully saturated rings. The first kappa shape index (κ1) is 11.6. The monoisotopic (exact) mass is 264 g/mol. The molecule has 4 aliphatic rings. The van der Waals surface area contributed by atoms with E-state index in [1.807, 2.05) is 11.8 Å². The average Bonchev–Trinajstić information content (AvgIpc) is 3.11. The third-order valence-corrected chi connectivity index (χ3v) is 6.87. The lowest BCUT2D eigenvalue weighted by atomic mass is 9.89. The van der Waals surface area contributed by atoms with Crippen LogP contribution in [0, 0.1) is 23.7 Å². The van der Waals surface area contributed by atoms with Crippen LogP contribution in [0.3, 0.4) is 0 Å². The van der Waals surface area contributed by atoms with Crippen molar-refractivity contribution < 1.29 is 0 Å². The summed E-state index contributed by atoms with van der Waals surface area (Å²) in [6.07, 6.45) is 10.2. The lowest BCUT2D eigenvalue weighted by Crippen LogP contribution is -2.41. The Hall–Kier alpha value is -0.180. The van der Waals surface area contributed by atoms with E-state index in [0.29, 0.717) is 0 Å². The molecule has 2 nitrogen and oxygen atoms in total. The van der Waals surface area contributed by atoms with Crippen molar-refractivity contribution in [1.29, 1.82) is 0 Å². The summed E-state index contributed by atoms with van der Waals surface area (Å²) in [4.78, 5) is 4.91. The Kier molecular flexibility index (Phi) is 3.06. The summed E-state index contributed by atoms with van der Waals surface area (Å²) < 4.78 is 0. The van der Waals surface area contributed by atoms with Gasteiger partial charge in [-0.05, 0) is 55.8 Å². The Morgan fingerprint density at radius 3 is 2.94 bits per heavy atom. The van der Waals surface area contributed by atoms with E-state index >= 15 is 0 Å². The van der Waals surface area contributed by atoms with Crippen molar-refractivity contribution in [2.75, 3.05) is 12.3 Å². The maximum absolute atomic E-state index is 4.91. The lowest BCUT2D eigenvalue weighted by molar-refractivity contribution is 0.341. The van der Waals surface area contributed by atoms with Crippen molar-refractivity contribution in [1.82, 2.24) is 5.32 Å². The van der Waals surface area contributed by atoms with Crippen LogP contribution in [0.1, 0.15) is 44.9 Å². The van der Waals surface area contributed by atoms with Crippen LogP contribution in [0.4, 0.5) is 0 Å². The van der Waals surface area contributed by atoms with Gasteiger partial charge in [0.25, 0.3) is 0 Å². The van der Waals surface area contributed by atoms with E-state index in [1.54, 1.807) is 0 Å². The quantitative estimate of drug-likeness (QED) is 0.827. The molecule has 0 aromatic carbocycles. The number of thioether (sulfide) groups is 1. The van der Waals surface area contributed by atoms with E-state index in [0.717, 1.165) is 36.3 Å². The second-order valence-corrected chi connectivity index (χ2v) is 7.84. The minimum atomic E-state index is 0.755. The molecule has 5 unspecified atom stereocenters. The molecular weight excluding hydrogens is 240 g/mol. The van der Waals surface area contributed by atoms with Gasteiger partial charge in [0.1, 0.15) is 0 Å². The number of nitrogens with zero attached hydrogens (tertiary/aromatic N) is 1. The van der Waals surface area contributed by atoms with Crippen LogP contribution in [-0.4, -0.2) is 23.5 Å². The number of hydrogen-bond donors (Lipinski definition) is 1. The molecule has 3 heteroatoms. The molecule has 0 spiro atoms. The van der Waals surface area contributed by atoms with Crippen LogP contribution in [-0.2, 0) is 0 Å². The Morgan fingerprint density at radius 2 is 2.11 bits per heavy atom. The molecular formula is C15H24N2S. The summed E-state index contributed by atoms with van der Waals surface area (Å²) in [5.74, 6) is 5.24. The second-order valence-electron chi connectivity index (χ2n) is 6.83. The molecule has 0 aromatic rings. The fourth-order valence-corrected chi connectivity index (χ4v) is 5.88. The molecule has 2 bridgehead atoms. The standard InChI is InChI=1S/C15H24N2S/c1-2-12-9-18-15(17-14(12)3-1)16-8-13-7-10-4-5-11(13)6-10/h10-14H,1-9H2,(H,16,17). The zero-order valence-electron chi connectivity index (χ0n) is 11.1. The van der Waals surface area contributed by atoms with E-state index in [-0.39, 0.29) is 0 Å². The highest BCUT2D eigenvalue weighted by Gasteiger charge is 2.39. The smallest absolute Gasteiger partial charge is 0.156 e. The second kappa shape index (κ2) is 4.73. The summed E-state index contributed by atoms with van der Waals surface area (Å²) in [5.41, 5.74) is 0. The van der Waals surface area contributed by atoms with Crippen LogP contribution in [0.15, 0.2) is 4.99 Å². The van der Waals surface area contributed by atoms with Gasteiger partial charge in [-0.3, -0.25) is 4.99 Å². The molecule has 1 aliphatic heterocycles. The van der Waals surface area contributed by atoms with Crippen LogP contribution < -0.4 is 5.32 Å². The highest BCUT2D eigenvalue weighted by Crippen LogP contribution is 2.48. The fraction of sp³-hybridized carbons (Fsp3) is 0.933.